The molecule has 7 heteroatoms. The molecule has 0 radical (unpaired) electrons. The molecule has 0 bridgehead atoms. The van der Waals surface area contributed by atoms with Gasteiger partial charge in [0.25, 0.3) is 11.8 Å². The van der Waals surface area contributed by atoms with Crippen LogP contribution in [0.2, 0.25) is 0 Å². The Labute approximate surface area is 272 Å². The number of esters is 1. The fraction of sp³-hybridized carbons (Fsp3) is 0.125. The highest BCUT2D eigenvalue weighted by atomic mass is 16.6. The molecule has 1 aliphatic heterocycles. The van der Waals surface area contributed by atoms with Gasteiger partial charge >= 0.3 is 5.97 Å². The van der Waals surface area contributed by atoms with E-state index in [4.69, 9.17) is 13.9 Å². The van der Waals surface area contributed by atoms with Crippen molar-refractivity contribution < 1.29 is 28.3 Å². The highest BCUT2D eigenvalue weighted by molar-refractivity contribution is 6.21. The van der Waals surface area contributed by atoms with Gasteiger partial charge in [-0.05, 0) is 52.6 Å². The average molecular weight is 622 g/mol. The molecule has 1 aliphatic rings. The Balaban J connectivity index is 1.06. The number of carbonyl (C=O) groups is 3. The summed E-state index contributed by atoms with van der Waals surface area (Å²) >= 11 is 0. The molecule has 2 amide bonds. The maximum absolute atomic E-state index is 12.8. The molecule has 6 aromatic rings. The quantitative estimate of drug-likeness (QED) is 0.114. The summed E-state index contributed by atoms with van der Waals surface area (Å²) in [6.07, 6.45) is -0.209. The van der Waals surface area contributed by atoms with Crippen molar-refractivity contribution in [3.63, 3.8) is 0 Å². The summed E-state index contributed by atoms with van der Waals surface area (Å²) < 4.78 is 17.3. The van der Waals surface area contributed by atoms with Crippen LogP contribution in [-0.4, -0.2) is 42.4 Å². The first-order chi connectivity index (χ1) is 23.0. The highest BCUT2D eigenvalue weighted by Gasteiger charge is 2.36. The van der Waals surface area contributed by atoms with Crippen LogP contribution in [0, 0.1) is 0 Å². The second kappa shape index (κ2) is 12.8. The number of nitrogens with zero attached hydrogens (tertiary/aromatic N) is 1. The number of methoxy groups -OCH3 is 1. The van der Waals surface area contributed by atoms with E-state index in [1.165, 1.54) is 12.7 Å². The topological polar surface area (TPSA) is 86.0 Å². The summed E-state index contributed by atoms with van der Waals surface area (Å²) in [7, 11) is 1.28. The molecule has 5 aromatic carbocycles. The molecule has 0 unspecified atom stereocenters. The standard InChI is InChI=1S/C40H31NO6/c1-45-40(44)35(23-24-41-38(42)31-11-5-6-12-32(31)39(41)43)46-30-21-19-28(20-22-30)27-15-17-29(18-16-27)37-33-13-7-8-14-34(33)47-36(37)25-26-9-3-2-4-10-26/h2-22,35H,23-25H2,1H3/t35-/m0/s1. The van der Waals surface area contributed by atoms with Crippen LogP contribution in [0.4, 0.5) is 0 Å². The molecule has 0 fully saturated rings. The smallest absolute Gasteiger partial charge is 0.347 e. The lowest BCUT2D eigenvalue weighted by Gasteiger charge is -2.20. The fourth-order valence-corrected chi connectivity index (χ4v) is 6.08. The van der Waals surface area contributed by atoms with Crippen LogP contribution in [0.25, 0.3) is 33.2 Å². The van der Waals surface area contributed by atoms with Crippen molar-refractivity contribution in [3.8, 4) is 28.0 Å². The third-order valence-electron chi connectivity index (χ3n) is 8.47. The second-order valence-electron chi connectivity index (χ2n) is 11.4. The molecule has 0 saturated heterocycles. The van der Waals surface area contributed by atoms with Crippen molar-refractivity contribution in [3.05, 3.63) is 150 Å². The molecule has 47 heavy (non-hydrogen) atoms. The molecule has 1 atom stereocenters. The average Bonchev–Trinajstić information content (AvgIpc) is 3.60. The Kier molecular flexibility index (Phi) is 8.11. The first-order valence-corrected chi connectivity index (χ1v) is 15.4. The summed E-state index contributed by atoms with van der Waals surface area (Å²) in [6, 6.07) is 40.9. The van der Waals surface area contributed by atoms with Crippen molar-refractivity contribution in [2.45, 2.75) is 18.9 Å². The highest BCUT2D eigenvalue weighted by Crippen LogP contribution is 2.37. The van der Waals surface area contributed by atoms with Gasteiger partial charge in [0.1, 0.15) is 17.1 Å². The number of imide groups is 1. The number of hydrogen-bond acceptors (Lipinski definition) is 6. The number of fused-ring (bicyclic) bond motifs is 2. The van der Waals surface area contributed by atoms with E-state index in [2.05, 4.69) is 42.5 Å². The molecule has 0 aliphatic carbocycles. The van der Waals surface area contributed by atoms with E-state index < -0.39 is 12.1 Å². The molecule has 1 aromatic heterocycles. The zero-order chi connectivity index (χ0) is 32.3. The van der Waals surface area contributed by atoms with Crippen LogP contribution in [0.1, 0.15) is 38.5 Å². The summed E-state index contributed by atoms with van der Waals surface area (Å²) in [5.41, 5.74) is 6.94. The van der Waals surface area contributed by atoms with Crippen molar-refractivity contribution in [2.75, 3.05) is 13.7 Å². The minimum Gasteiger partial charge on any atom is -0.479 e. The molecule has 7 nitrogen and oxygen atoms in total. The van der Waals surface area contributed by atoms with Crippen LogP contribution in [-0.2, 0) is 16.0 Å². The first kappa shape index (κ1) is 29.7. The third-order valence-corrected chi connectivity index (χ3v) is 8.47. The van der Waals surface area contributed by atoms with Crippen LogP contribution in [0.3, 0.4) is 0 Å². The van der Waals surface area contributed by atoms with Gasteiger partial charge in [-0.3, -0.25) is 14.5 Å². The molecule has 0 N–H and O–H groups in total. The van der Waals surface area contributed by atoms with Crippen molar-refractivity contribution in [2.24, 2.45) is 0 Å². The lowest BCUT2D eigenvalue weighted by Crippen LogP contribution is -2.37. The molecule has 2 heterocycles. The SMILES string of the molecule is COC(=O)[C@H](CCN1C(=O)c2ccccc2C1=O)Oc1ccc(-c2ccc(-c3c(Cc4ccccc4)oc4ccccc34)cc2)cc1. The van der Waals surface area contributed by atoms with E-state index in [9.17, 15) is 14.4 Å². The molecule has 7 rings (SSSR count). The van der Waals surface area contributed by atoms with Gasteiger partial charge in [-0.25, -0.2) is 4.79 Å². The van der Waals surface area contributed by atoms with E-state index >= 15 is 0 Å². The van der Waals surface area contributed by atoms with E-state index in [0.29, 0.717) is 23.3 Å². The Morgan fingerprint density at radius 2 is 1.28 bits per heavy atom. The predicted octanol–water partition coefficient (Wildman–Crippen LogP) is 7.96. The summed E-state index contributed by atoms with van der Waals surface area (Å²) in [5.74, 6) is 0.0592. The molecular weight excluding hydrogens is 590 g/mol. The maximum Gasteiger partial charge on any atom is 0.347 e. The van der Waals surface area contributed by atoms with Gasteiger partial charge in [-0.2, -0.15) is 0 Å². The fourth-order valence-electron chi connectivity index (χ4n) is 6.08. The number of ether oxygens (including phenoxy) is 2. The minimum absolute atomic E-state index is 0.0234. The molecule has 0 spiro atoms. The van der Waals surface area contributed by atoms with E-state index in [-0.39, 0.29) is 24.8 Å². The van der Waals surface area contributed by atoms with Crippen LogP contribution in [0.5, 0.6) is 5.75 Å². The lowest BCUT2D eigenvalue weighted by molar-refractivity contribution is -0.149. The molecule has 0 saturated carbocycles. The minimum atomic E-state index is -0.996. The largest absolute Gasteiger partial charge is 0.479 e. The van der Waals surface area contributed by atoms with Gasteiger partial charge in [0.15, 0.2) is 6.10 Å². The number of para-hydroxylation sites is 1. The lowest BCUT2D eigenvalue weighted by atomic mass is 9.96. The Morgan fingerprint density at radius 1 is 0.702 bits per heavy atom. The van der Waals surface area contributed by atoms with Gasteiger partial charge in [-0.1, -0.05) is 97.1 Å². The van der Waals surface area contributed by atoms with Gasteiger partial charge in [-0.15, -0.1) is 0 Å². The number of carbonyl (C=O) groups excluding carboxylic acids is 3. The number of hydrogen-bond donors (Lipinski definition) is 0. The van der Waals surface area contributed by atoms with Crippen LogP contribution < -0.4 is 4.74 Å². The summed E-state index contributed by atoms with van der Waals surface area (Å²) in [5, 5.41) is 1.08. The van der Waals surface area contributed by atoms with E-state index in [1.54, 1.807) is 36.4 Å². The Morgan fingerprint density at radius 3 is 1.94 bits per heavy atom. The molecule has 232 valence electrons. The van der Waals surface area contributed by atoms with Gasteiger partial charge < -0.3 is 13.9 Å². The zero-order valence-electron chi connectivity index (χ0n) is 25.7. The summed E-state index contributed by atoms with van der Waals surface area (Å²) in [6.45, 7) is 0.0234. The first-order valence-electron chi connectivity index (χ1n) is 15.4. The number of furan rings is 1. The normalized spacial score (nSPS) is 13.1. The number of amides is 2. The molecular formula is C40H31NO6. The Hall–Kier alpha value is -5.95. The number of benzene rings is 5. The third kappa shape index (κ3) is 5.91. The van der Waals surface area contributed by atoms with Crippen LogP contribution in [0.15, 0.2) is 132 Å². The van der Waals surface area contributed by atoms with Gasteiger partial charge in [0, 0.05) is 30.3 Å². The van der Waals surface area contributed by atoms with Crippen molar-refractivity contribution in [1.29, 1.82) is 0 Å². The maximum atomic E-state index is 12.8. The van der Waals surface area contributed by atoms with Gasteiger partial charge in [0.05, 0.1) is 18.2 Å². The van der Waals surface area contributed by atoms with Crippen molar-refractivity contribution >= 4 is 28.8 Å². The van der Waals surface area contributed by atoms with E-state index in [1.807, 2.05) is 48.5 Å². The second-order valence-corrected chi connectivity index (χ2v) is 11.4. The predicted molar refractivity (Wildman–Crippen MR) is 179 cm³/mol. The van der Waals surface area contributed by atoms with Crippen molar-refractivity contribution in [1.82, 2.24) is 4.90 Å². The zero-order valence-corrected chi connectivity index (χ0v) is 25.7. The number of rotatable bonds is 10. The van der Waals surface area contributed by atoms with Crippen LogP contribution >= 0.6 is 0 Å². The van der Waals surface area contributed by atoms with E-state index in [0.717, 1.165) is 43.9 Å². The monoisotopic (exact) mass is 621 g/mol. The Bertz CT molecular complexity index is 2050. The van der Waals surface area contributed by atoms with Gasteiger partial charge in [0.2, 0.25) is 0 Å². The summed E-state index contributed by atoms with van der Waals surface area (Å²) in [4.78, 5) is 39.3.